The van der Waals surface area contributed by atoms with Gasteiger partial charge >= 0.3 is 0 Å². The lowest BCUT2D eigenvalue weighted by molar-refractivity contribution is -0.118. The van der Waals surface area contributed by atoms with Crippen LogP contribution in [0.5, 0.6) is 0 Å². The predicted molar refractivity (Wildman–Crippen MR) is 95.4 cm³/mol. The van der Waals surface area contributed by atoms with Gasteiger partial charge in [-0.1, -0.05) is 26.3 Å². The topological polar surface area (TPSA) is 34.1 Å². The van der Waals surface area contributed by atoms with Crippen molar-refractivity contribution in [1.82, 2.24) is 0 Å². The lowest BCUT2D eigenvalue weighted by atomic mass is 9.46. The van der Waals surface area contributed by atoms with E-state index in [1.807, 2.05) is 6.08 Å². The Kier molecular flexibility index (Phi) is 3.82. The van der Waals surface area contributed by atoms with Crippen molar-refractivity contribution in [3.05, 3.63) is 11.6 Å². The minimum absolute atomic E-state index is 0.207. The third kappa shape index (κ3) is 2.14. The molecule has 0 spiro atoms. The molecule has 7 atom stereocenters. The second-order valence-corrected chi connectivity index (χ2v) is 9.69. The van der Waals surface area contributed by atoms with Crippen LogP contribution in [0.25, 0.3) is 0 Å². The van der Waals surface area contributed by atoms with Gasteiger partial charge in [0.1, 0.15) is 6.29 Å². The normalized spacial score (nSPS) is 48.8. The first kappa shape index (κ1) is 16.5. The number of carbonyl (C=O) groups is 2. The summed E-state index contributed by atoms with van der Waals surface area (Å²) in [6, 6.07) is 0. The number of ketones is 1. The summed E-state index contributed by atoms with van der Waals surface area (Å²) in [6.45, 7) is 7.07. The van der Waals surface area contributed by atoms with Gasteiger partial charge in [-0.2, -0.15) is 0 Å². The summed E-state index contributed by atoms with van der Waals surface area (Å²) < 4.78 is 0. The van der Waals surface area contributed by atoms with E-state index in [0.717, 1.165) is 37.0 Å². The largest absolute Gasteiger partial charge is 0.303 e. The minimum atomic E-state index is 0.207. The molecule has 0 unspecified atom stereocenters. The van der Waals surface area contributed by atoms with Crippen molar-refractivity contribution in [3.8, 4) is 0 Å². The summed E-state index contributed by atoms with van der Waals surface area (Å²) in [7, 11) is 0. The van der Waals surface area contributed by atoms with Crippen molar-refractivity contribution >= 4 is 12.1 Å². The van der Waals surface area contributed by atoms with Crippen molar-refractivity contribution in [2.45, 2.75) is 72.1 Å². The summed E-state index contributed by atoms with van der Waals surface area (Å²) in [4.78, 5) is 23.3. The third-order valence-electron chi connectivity index (χ3n) is 8.88. The lowest BCUT2D eigenvalue weighted by Crippen LogP contribution is -2.51. The maximum atomic E-state index is 11.9. The van der Waals surface area contributed by atoms with E-state index >= 15 is 0 Å². The molecule has 3 saturated carbocycles. The summed E-state index contributed by atoms with van der Waals surface area (Å²) in [5.41, 5.74) is 2.09. The van der Waals surface area contributed by atoms with Gasteiger partial charge in [0.15, 0.2) is 5.78 Å². The van der Waals surface area contributed by atoms with Crippen molar-refractivity contribution in [3.63, 3.8) is 0 Å². The molecule has 3 fully saturated rings. The van der Waals surface area contributed by atoms with Crippen LogP contribution in [0, 0.1) is 40.4 Å². The quantitative estimate of drug-likeness (QED) is 0.671. The van der Waals surface area contributed by atoms with E-state index in [1.165, 1.54) is 44.0 Å². The van der Waals surface area contributed by atoms with E-state index in [0.29, 0.717) is 17.1 Å². The Hall–Kier alpha value is -0.920. The number of rotatable bonds is 2. The molecule has 2 nitrogen and oxygen atoms in total. The highest BCUT2D eigenvalue weighted by atomic mass is 16.1. The van der Waals surface area contributed by atoms with Gasteiger partial charge in [0.05, 0.1) is 0 Å². The Balaban J connectivity index is 1.65. The molecule has 132 valence electrons. The minimum Gasteiger partial charge on any atom is -0.303 e. The molecule has 24 heavy (non-hydrogen) atoms. The molecule has 0 heterocycles. The van der Waals surface area contributed by atoms with Crippen LogP contribution in [-0.4, -0.2) is 12.1 Å². The molecule has 0 saturated heterocycles. The molecule has 0 aromatic heterocycles. The van der Waals surface area contributed by atoms with E-state index in [2.05, 4.69) is 20.8 Å². The molecule has 4 rings (SSSR count). The fraction of sp³-hybridized carbons (Fsp3) is 0.818. The van der Waals surface area contributed by atoms with Gasteiger partial charge in [0, 0.05) is 12.3 Å². The van der Waals surface area contributed by atoms with Crippen molar-refractivity contribution in [1.29, 1.82) is 0 Å². The second kappa shape index (κ2) is 5.54. The van der Waals surface area contributed by atoms with E-state index in [-0.39, 0.29) is 11.3 Å². The summed E-state index contributed by atoms with van der Waals surface area (Å²) >= 11 is 0. The fourth-order valence-electron chi connectivity index (χ4n) is 7.56. The first-order valence-corrected chi connectivity index (χ1v) is 10.1. The highest BCUT2D eigenvalue weighted by Crippen LogP contribution is 2.67. The molecule has 0 aromatic rings. The van der Waals surface area contributed by atoms with Crippen LogP contribution >= 0.6 is 0 Å². The second-order valence-electron chi connectivity index (χ2n) is 9.69. The smallest absolute Gasteiger partial charge is 0.155 e. The molecule has 0 amide bonds. The van der Waals surface area contributed by atoms with Crippen LogP contribution in [0.3, 0.4) is 0 Å². The third-order valence-corrected chi connectivity index (χ3v) is 8.88. The molecule has 0 N–H and O–H groups in total. The molecule has 0 aliphatic heterocycles. The maximum absolute atomic E-state index is 11.9. The standard InChI is InChI=1S/C22H32O2/c1-14(13-23)18-6-7-19-17-5-4-15-12-16(24)8-10-21(15,2)20(17)9-11-22(18,19)3/h12-14,17-20H,4-11H2,1-3H3/t14-,17+,18-,19+,20+,21+,22-/m1/s1. The molecule has 4 aliphatic carbocycles. The zero-order valence-corrected chi connectivity index (χ0v) is 15.5. The molecule has 4 aliphatic rings. The summed E-state index contributed by atoms with van der Waals surface area (Å²) in [6.07, 6.45) is 12.5. The molecule has 2 heteroatoms. The van der Waals surface area contributed by atoms with Crippen LogP contribution in [0.1, 0.15) is 72.1 Å². The van der Waals surface area contributed by atoms with Gasteiger partial charge in [-0.25, -0.2) is 0 Å². The molecular weight excluding hydrogens is 296 g/mol. The molecular formula is C22H32O2. The van der Waals surface area contributed by atoms with Gasteiger partial charge in [0.2, 0.25) is 0 Å². The fourth-order valence-corrected chi connectivity index (χ4v) is 7.56. The van der Waals surface area contributed by atoms with E-state index in [4.69, 9.17) is 0 Å². The maximum Gasteiger partial charge on any atom is 0.155 e. The van der Waals surface area contributed by atoms with Crippen LogP contribution in [0.4, 0.5) is 0 Å². The van der Waals surface area contributed by atoms with Crippen molar-refractivity contribution in [2.75, 3.05) is 0 Å². The number of fused-ring (bicyclic) bond motifs is 5. The van der Waals surface area contributed by atoms with E-state index < -0.39 is 0 Å². The Bertz CT molecular complexity index is 591. The predicted octanol–water partition coefficient (Wildman–Crippen LogP) is 4.97. The summed E-state index contributed by atoms with van der Waals surface area (Å²) in [5.74, 6) is 3.50. The van der Waals surface area contributed by atoms with Gasteiger partial charge in [0.25, 0.3) is 0 Å². The highest BCUT2D eigenvalue weighted by Gasteiger charge is 2.59. The van der Waals surface area contributed by atoms with Gasteiger partial charge in [-0.3, -0.25) is 4.79 Å². The van der Waals surface area contributed by atoms with Crippen LogP contribution in [0.2, 0.25) is 0 Å². The van der Waals surface area contributed by atoms with E-state index in [9.17, 15) is 9.59 Å². The SMILES string of the molecule is C[C@H](C=O)[C@H]1CC[C@H]2[C@@H]3CCC4=CC(=O)CC[C@]4(C)[C@H]3CC[C@]12C. The number of allylic oxidation sites excluding steroid dienone is 1. The van der Waals surface area contributed by atoms with Crippen molar-refractivity contribution < 1.29 is 9.59 Å². The van der Waals surface area contributed by atoms with E-state index in [1.54, 1.807) is 0 Å². The number of hydrogen-bond acceptors (Lipinski definition) is 2. The Morgan fingerprint density at radius 1 is 1.08 bits per heavy atom. The number of carbonyl (C=O) groups excluding carboxylic acids is 2. The van der Waals surface area contributed by atoms with Crippen LogP contribution in [-0.2, 0) is 9.59 Å². The Morgan fingerprint density at radius 2 is 1.88 bits per heavy atom. The zero-order valence-electron chi connectivity index (χ0n) is 15.5. The summed E-state index contributed by atoms with van der Waals surface area (Å²) in [5, 5.41) is 0. The molecule has 0 aromatic carbocycles. The van der Waals surface area contributed by atoms with Crippen molar-refractivity contribution in [2.24, 2.45) is 40.4 Å². The first-order chi connectivity index (χ1) is 11.4. The molecule has 0 bridgehead atoms. The number of aldehydes is 1. The number of hydrogen-bond donors (Lipinski definition) is 0. The average Bonchev–Trinajstić information content (AvgIpc) is 2.92. The van der Waals surface area contributed by atoms with Gasteiger partial charge < -0.3 is 4.79 Å². The Morgan fingerprint density at radius 3 is 2.62 bits per heavy atom. The average molecular weight is 328 g/mol. The lowest BCUT2D eigenvalue weighted by Gasteiger charge is -2.58. The molecule has 0 radical (unpaired) electrons. The first-order valence-electron chi connectivity index (χ1n) is 10.1. The highest BCUT2D eigenvalue weighted by molar-refractivity contribution is 5.91. The Labute approximate surface area is 146 Å². The van der Waals surface area contributed by atoms with Crippen LogP contribution in [0.15, 0.2) is 11.6 Å². The van der Waals surface area contributed by atoms with Gasteiger partial charge in [-0.05, 0) is 85.5 Å². The zero-order chi connectivity index (χ0) is 17.1. The van der Waals surface area contributed by atoms with Crippen LogP contribution < -0.4 is 0 Å². The monoisotopic (exact) mass is 328 g/mol. The van der Waals surface area contributed by atoms with Gasteiger partial charge in [-0.15, -0.1) is 0 Å².